The molecule has 2 aromatic carbocycles. The van der Waals surface area contributed by atoms with Crippen LogP contribution in [0.4, 0.5) is 20.6 Å². The van der Waals surface area contributed by atoms with Crippen LogP contribution in [0.5, 0.6) is 0 Å². The molecule has 2 aromatic rings. The standard InChI is InChI=1S/C17H18FN3O3S/c1-3-21-10-12-9-14(5-6-15(12)19-17(21)22)20-25(23,24)16-7-4-13(18)8-11(16)2/h4-9,20H,3,10H2,1-2H3,(H,19,22). The number of hydrogen-bond donors (Lipinski definition) is 2. The number of anilines is 2. The van der Waals surface area contributed by atoms with Crippen molar-refractivity contribution in [2.45, 2.75) is 25.3 Å². The van der Waals surface area contributed by atoms with Gasteiger partial charge in [0.1, 0.15) is 5.82 Å². The minimum atomic E-state index is -3.83. The third-order valence-corrected chi connectivity index (χ3v) is 5.60. The van der Waals surface area contributed by atoms with Crippen LogP contribution in [-0.2, 0) is 16.6 Å². The molecule has 0 fully saturated rings. The molecule has 2 amide bonds. The first-order valence-electron chi connectivity index (χ1n) is 7.78. The lowest BCUT2D eigenvalue weighted by Crippen LogP contribution is -2.38. The lowest BCUT2D eigenvalue weighted by atomic mass is 10.1. The summed E-state index contributed by atoms with van der Waals surface area (Å²) >= 11 is 0. The van der Waals surface area contributed by atoms with E-state index in [4.69, 9.17) is 0 Å². The highest BCUT2D eigenvalue weighted by molar-refractivity contribution is 7.92. The van der Waals surface area contributed by atoms with E-state index in [2.05, 4.69) is 10.0 Å². The minimum Gasteiger partial charge on any atom is -0.320 e. The monoisotopic (exact) mass is 363 g/mol. The minimum absolute atomic E-state index is 0.0232. The number of carbonyl (C=O) groups is 1. The number of hydrogen-bond acceptors (Lipinski definition) is 3. The van der Waals surface area contributed by atoms with Gasteiger partial charge in [0.25, 0.3) is 10.0 Å². The van der Waals surface area contributed by atoms with E-state index < -0.39 is 15.8 Å². The normalized spacial score (nSPS) is 14.0. The molecule has 0 aromatic heterocycles. The van der Waals surface area contributed by atoms with E-state index >= 15 is 0 Å². The lowest BCUT2D eigenvalue weighted by molar-refractivity contribution is 0.210. The van der Waals surface area contributed by atoms with Crippen LogP contribution in [0.3, 0.4) is 0 Å². The molecule has 0 bridgehead atoms. The maximum absolute atomic E-state index is 13.2. The van der Waals surface area contributed by atoms with Gasteiger partial charge in [-0.1, -0.05) is 0 Å². The zero-order chi connectivity index (χ0) is 18.2. The van der Waals surface area contributed by atoms with Crippen molar-refractivity contribution >= 4 is 27.4 Å². The highest BCUT2D eigenvalue weighted by Crippen LogP contribution is 2.28. The van der Waals surface area contributed by atoms with Gasteiger partial charge in [-0.15, -0.1) is 0 Å². The Morgan fingerprint density at radius 2 is 2.00 bits per heavy atom. The Kier molecular flexibility index (Phi) is 4.38. The van der Waals surface area contributed by atoms with E-state index in [1.165, 1.54) is 12.1 Å². The Hall–Kier alpha value is -2.61. The van der Waals surface area contributed by atoms with Gasteiger partial charge in [0.15, 0.2) is 0 Å². The molecule has 0 spiro atoms. The van der Waals surface area contributed by atoms with Crippen LogP contribution in [0.2, 0.25) is 0 Å². The van der Waals surface area contributed by atoms with Gasteiger partial charge in [0.05, 0.1) is 4.90 Å². The molecule has 0 atom stereocenters. The summed E-state index contributed by atoms with van der Waals surface area (Å²) in [4.78, 5) is 13.5. The van der Waals surface area contributed by atoms with Gasteiger partial charge in [-0.25, -0.2) is 17.6 Å². The van der Waals surface area contributed by atoms with E-state index in [9.17, 15) is 17.6 Å². The van der Waals surface area contributed by atoms with Crippen LogP contribution in [0, 0.1) is 12.7 Å². The lowest BCUT2D eigenvalue weighted by Gasteiger charge is -2.28. The van der Waals surface area contributed by atoms with Crippen molar-refractivity contribution in [1.82, 2.24) is 4.90 Å². The average Bonchev–Trinajstić information content (AvgIpc) is 2.53. The maximum atomic E-state index is 13.2. The summed E-state index contributed by atoms with van der Waals surface area (Å²) in [6.45, 7) is 4.37. The van der Waals surface area contributed by atoms with Crippen molar-refractivity contribution in [1.29, 1.82) is 0 Å². The highest BCUT2D eigenvalue weighted by atomic mass is 32.2. The SMILES string of the molecule is CCN1Cc2cc(NS(=O)(=O)c3ccc(F)cc3C)ccc2NC1=O. The van der Waals surface area contributed by atoms with E-state index in [1.807, 2.05) is 6.92 Å². The van der Waals surface area contributed by atoms with Gasteiger partial charge in [-0.2, -0.15) is 0 Å². The van der Waals surface area contributed by atoms with Gasteiger partial charge in [0.2, 0.25) is 0 Å². The fourth-order valence-electron chi connectivity index (χ4n) is 2.76. The highest BCUT2D eigenvalue weighted by Gasteiger charge is 2.23. The largest absolute Gasteiger partial charge is 0.322 e. The average molecular weight is 363 g/mol. The Morgan fingerprint density at radius 1 is 1.24 bits per heavy atom. The zero-order valence-electron chi connectivity index (χ0n) is 13.8. The molecule has 0 aliphatic carbocycles. The number of halogens is 1. The third-order valence-electron chi connectivity index (χ3n) is 4.06. The Morgan fingerprint density at radius 3 is 2.68 bits per heavy atom. The topological polar surface area (TPSA) is 78.5 Å². The number of sulfonamides is 1. The molecule has 8 heteroatoms. The summed E-state index contributed by atoms with van der Waals surface area (Å²) in [6, 6.07) is 8.29. The quantitative estimate of drug-likeness (QED) is 0.875. The first-order valence-corrected chi connectivity index (χ1v) is 9.26. The third kappa shape index (κ3) is 3.43. The number of amides is 2. The summed E-state index contributed by atoms with van der Waals surface area (Å²) in [5.41, 5.74) is 2.19. The van der Waals surface area contributed by atoms with Crippen LogP contribution in [0.15, 0.2) is 41.3 Å². The summed E-state index contributed by atoms with van der Waals surface area (Å²) in [7, 11) is -3.83. The first-order chi connectivity index (χ1) is 11.8. The van der Waals surface area contributed by atoms with Crippen molar-refractivity contribution in [3.05, 3.63) is 53.3 Å². The predicted octanol–water partition coefficient (Wildman–Crippen LogP) is 3.30. The summed E-state index contributed by atoms with van der Waals surface area (Å²) in [5.74, 6) is -0.486. The van der Waals surface area contributed by atoms with E-state index in [1.54, 1.807) is 30.0 Å². The van der Waals surface area contributed by atoms with Gasteiger partial charge < -0.3 is 10.2 Å². The van der Waals surface area contributed by atoms with Crippen LogP contribution < -0.4 is 10.0 Å². The van der Waals surface area contributed by atoms with Gasteiger partial charge >= 0.3 is 6.03 Å². The van der Waals surface area contributed by atoms with Crippen molar-refractivity contribution in [2.24, 2.45) is 0 Å². The number of benzene rings is 2. The predicted molar refractivity (Wildman–Crippen MR) is 93.5 cm³/mol. The molecule has 0 unspecified atom stereocenters. The maximum Gasteiger partial charge on any atom is 0.322 e. The summed E-state index contributed by atoms with van der Waals surface area (Å²) in [5, 5.41) is 2.77. The van der Waals surface area contributed by atoms with Crippen LogP contribution in [-0.4, -0.2) is 25.9 Å². The second-order valence-corrected chi connectivity index (χ2v) is 7.48. The number of rotatable bonds is 4. The number of nitrogens with zero attached hydrogens (tertiary/aromatic N) is 1. The number of urea groups is 1. The first kappa shape index (κ1) is 17.2. The van der Waals surface area contributed by atoms with Crippen molar-refractivity contribution in [2.75, 3.05) is 16.6 Å². The van der Waals surface area contributed by atoms with E-state index in [0.717, 1.165) is 11.6 Å². The Balaban J connectivity index is 1.90. The Labute approximate surface area is 145 Å². The van der Waals surface area contributed by atoms with Crippen LogP contribution in [0.25, 0.3) is 0 Å². The molecule has 0 saturated heterocycles. The smallest absolute Gasteiger partial charge is 0.320 e. The van der Waals surface area contributed by atoms with Gasteiger partial charge in [-0.3, -0.25) is 4.72 Å². The zero-order valence-corrected chi connectivity index (χ0v) is 14.7. The fourth-order valence-corrected chi connectivity index (χ4v) is 4.04. The Bertz CT molecular complexity index is 944. The number of nitrogens with one attached hydrogen (secondary N) is 2. The summed E-state index contributed by atoms with van der Waals surface area (Å²) < 4.78 is 40.8. The second kappa shape index (κ2) is 6.36. The van der Waals surface area contributed by atoms with Crippen LogP contribution >= 0.6 is 0 Å². The molecular formula is C17H18FN3O3S. The van der Waals surface area contributed by atoms with E-state index in [0.29, 0.717) is 30.0 Å². The molecule has 0 saturated carbocycles. The van der Waals surface area contributed by atoms with E-state index in [-0.39, 0.29) is 10.9 Å². The van der Waals surface area contributed by atoms with Crippen molar-refractivity contribution < 1.29 is 17.6 Å². The number of carbonyl (C=O) groups excluding carboxylic acids is 1. The van der Waals surface area contributed by atoms with Crippen molar-refractivity contribution in [3.63, 3.8) is 0 Å². The number of aryl methyl sites for hydroxylation is 1. The molecule has 1 heterocycles. The number of fused-ring (bicyclic) bond motifs is 1. The molecule has 25 heavy (non-hydrogen) atoms. The molecular weight excluding hydrogens is 345 g/mol. The molecule has 3 rings (SSSR count). The second-order valence-electron chi connectivity index (χ2n) is 5.83. The van der Waals surface area contributed by atoms with Crippen molar-refractivity contribution in [3.8, 4) is 0 Å². The molecule has 2 N–H and O–H groups in total. The van der Waals surface area contributed by atoms with Crippen LogP contribution in [0.1, 0.15) is 18.1 Å². The molecule has 1 aliphatic heterocycles. The molecule has 1 aliphatic rings. The van der Waals surface area contributed by atoms with Gasteiger partial charge in [0, 0.05) is 24.5 Å². The van der Waals surface area contributed by atoms with Gasteiger partial charge in [-0.05, 0) is 61.4 Å². The fraction of sp³-hybridized carbons (Fsp3) is 0.235. The summed E-state index contributed by atoms with van der Waals surface area (Å²) in [6.07, 6.45) is 0. The molecule has 0 radical (unpaired) electrons. The molecule has 6 nitrogen and oxygen atoms in total. The molecule has 132 valence electrons.